The van der Waals surface area contributed by atoms with Gasteiger partial charge in [-0.25, -0.2) is 0 Å². The maximum absolute atomic E-state index is 12.0. The van der Waals surface area contributed by atoms with Crippen molar-refractivity contribution in [1.29, 1.82) is 0 Å². The first kappa shape index (κ1) is 22.1. The molecule has 0 aliphatic heterocycles. The minimum absolute atomic E-state index is 0.190. The summed E-state index contributed by atoms with van der Waals surface area (Å²) in [5.41, 5.74) is 1.97. The Hall–Kier alpha value is -3.16. The lowest BCUT2D eigenvalue weighted by molar-refractivity contribution is 0.0925. The van der Waals surface area contributed by atoms with E-state index in [0.29, 0.717) is 18.8 Å². The van der Waals surface area contributed by atoms with Gasteiger partial charge in [0.1, 0.15) is 0 Å². The predicted molar refractivity (Wildman–Crippen MR) is 113 cm³/mol. The topological polar surface area (TPSA) is 97.1 Å². The van der Waals surface area contributed by atoms with Crippen molar-refractivity contribution in [2.45, 2.75) is 19.8 Å². The van der Waals surface area contributed by atoms with Gasteiger partial charge in [0, 0.05) is 32.2 Å². The van der Waals surface area contributed by atoms with Crippen LogP contribution in [0.15, 0.2) is 39.9 Å². The molecule has 1 aromatic carbocycles. The molecule has 2 aromatic rings. The molecule has 0 radical (unpaired) electrons. The standard InChI is InChI=1S/C21H30N4O4/c1-15-9-13-29-19(15)20(26)23-10-5-11-24-21(22-2)25-12-8-16-6-7-17(27-3)18(14-16)28-4/h6-7,9,13-14H,5,8,10-12H2,1-4H3,(H,23,26)(H2,22,24,25). The summed E-state index contributed by atoms with van der Waals surface area (Å²) in [7, 11) is 4.98. The minimum atomic E-state index is -0.190. The molecular weight excluding hydrogens is 372 g/mol. The Morgan fingerprint density at radius 3 is 2.41 bits per heavy atom. The summed E-state index contributed by atoms with van der Waals surface area (Å²) in [6.45, 7) is 3.81. The summed E-state index contributed by atoms with van der Waals surface area (Å²) in [6, 6.07) is 7.66. The molecule has 0 spiro atoms. The largest absolute Gasteiger partial charge is 0.493 e. The number of nitrogens with one attached hydrogen (secondary N) is 3. The third-order valence-corrected chi connectivity index (χ3v) is 4.38. The molecule has 158 valence electrons. The van der Waals surface area contributed by atoms with E-state index in [-0.39, 0.29) is 5.91 Å². The van der Waals surface area contributed by atoms with Crippen molar-refractivity contribution in [3.05, 3.63) is 47.4 Å². The van der Waals surface area contributed by atoms with E-state index in [1.54, 1.807) is 27.3 Å². The van der Waals surface area contributed by atoms with Crippen LogP contribution in [0.25, 0.3) is 0 Å². The zero-order chi connectivity index (χ0) is 21.1. The number of nitrogens with zero attached hydrogens (tertiary/aromatic N) is 1. The molecule has 0 saturated heterocycles. The average Bonchev–Trinajstić information content (AvgIpc) is 3.17. The highest BCUT2D eigenvalue weighted by atomic mass is 16.5. The van der Waals surface area contributed by atoms with Crippen LogP contribution in [0, 0.1) is 6.92 Å². The lowest BCUT2D eigenvalue weighted by atomic mass is 10.1. The van der Waals surface area contributed by atoms with E-state index >= 15 is 0 Å². The van der Waals surface area contributed by atoms with Gasteiger partial charge in [0.15, 0.2) is 23.2 Å². The van der Waals surface area contributed by atoms with Crippen LogP contribution in [0.4, 0.5) is 0 Å². The van der Waals surface area contributed by atoms with Gasteiger partial charge in [-0.05, 0) is 43.5 Å². The van der Waals surface area contributed by atoms with Crippen molar-refractivity contribution in [2.75, 3.05) is 40.9 Å². The third-order valence-electron chi connectivity index (χ3n) is 4.38. The number of methoxy groups -OCH3 is 2. The summed E-state index contributed by atoms with van der Waals surface area (Å²) in [6.07, 6.45) is 3.10. The number of hydrogen-bond donors (Lipinski definition) is 3. The smallest absolute Gasteiger partial charge is 0.287 e. The molecule has 0 fully saturated rings. The van der Waals surface area contributed by atoms with Gasteiger partial charge in [0.05, 0.1) is 20.5 Å². The number of carbonyl (C=O) groups is 1. The molecule has 0 unspecified atom stereocenters. The van der Waals surface area contributed by atoms with E-state index in [1.807, 2.05) is 25.1 Å². The van der Waals surface area contributed by atoms with Crippen molar-refractivity contribution in [2.24, 2.45) is 4.99 Å². The quantitative estimate of drug-likeness (QED) is 0.320. The number of amides is 1. The average molecular weight is 402 g/mol. The van der Waals surface area contributed by atoms with Crippen molar-refractivity contribution in [3.63, 3.8) is 0 Å². The minimum Gasteiger partial charge on any atom is -0.493 e. The normalized spacial score (nSPS) is 11.1. The monoisotopic (exact) mass is 402 g/mol. The number of guanidine groups is 1. The van der Waals surface area contributed by atoms with Crippen LogP contribution >= 0.6 is 0 Å². The van der Waals surface area contributed by atoms with Gasteiger partial charge in [-0.15, -0.1) is 0 Å². The fourth-order valence-electron chi connectivity index (χ4n) is 2.76. The molecule has 2 rings (SSSR count). The van der Waals surface area contributed by atoms with Gasteiger partial charge in [-0.2, -0.15) is 0 Å². The number of furan rings is 1. The number of rotatable bonds is 10. The van der Waals surface area contributed by atoms with E-state index in [2.05, 4.69) is 20.9 Å². The number of aryl methyl sites for hydroxylation is 1. The molecule has 0 bridgehead atoms. The van der Waals surface area contributed by atoms with Crippen LogP contribution < -0.4 is 25.4 Å². The van der Waals surface area contributed by atoms with Crippen molar-refractivity contribution in [3.8, 4) is 11.5 Å². The number of aliphatic imine (C=N–C) groups is 1. The predicted octanol–water partition coefficient (Wildman–Crippen LogP) is 2.13. The molecule has 3 N–H and O–H groups in total. The maximum Gasteiger partial charge on any atom is 0.287 e. The van der Waals surface area contributed by atoms with E-state index in [0.717, 1.165) is 48.0 Å². The first-order valence-electron chi connectivity index (χ1n) is 9.56. The molecule has 0 aliphatic rings. The number of carbonyl (C=O) groups excluding carboxylic acids is 1. The Labute approximate surface area is 171 Å². The van der Waals surface area contributed by atoms with Gasteiger partial charge in [-0.1, -0.05) is 6.07 Å². The summed E-state index contributed by atoms with van der Waals surface area (Å²) in [5.74, 6) is 2.34. The Morgan fingerprint density at radius 2 is 1.76 bits per heavy atom. The highest BCUT2D eigenvalue weighted by molar-refractivity contribution is 5.92. The second-order valence-corrected chi connectivity index (χ2v) is 6.41. The lowest BCUT2D eigenvalue weighted by Crippen LogP contribution is -2.39. The molecule has 8 nitrogen and oxygen atoms in total. The van der Waals surface area contributed by atoms with E-state index in [4.69, 9.17) is 13.9 Å². The summed E-state index contributed by atoms with van der Waals surface area (Å²) >= 11 is 0. The zero-order valence-corrected chi connectivity index (χ0v) is 17.5. The Morgan fingerprint density at radius 1 is 1.03 bits per heavy atom. The number of hydrogen-bond acceptors (Lipinski definition) is 5. The van der Waals surface area contributed by atoms with Crippen LogP contribution in [0.2, 0.25) is 0 Å². The van der Waals surface area contributed by atoms with Gasteiger partial charge in [-0.3, -0.25) is 9.79 Å². The van der Waals surface area contributed by atoms with Gasteiger partial charge in [0.2, 0.25) is 0 Å². The van der Waals surface area contributed by atoms with Crippen molar-refractivity contribution < 1.29 is 18.7 Å². The highest BCUT2D eigenvalue weighted by Gasteiger charge is 2.11. The molecule has 0 aliphatic carbocycles. The Bertz CT molecular complexity index is 817. The summed E-state index contributed by atoms with van der Waals surface area (Å²) < 4.78 is 15.8. The van der Waals surface area contributed by atoms with Crippen LogP contribution in [0.3, 0.4) is 0 Å². The van der Waals surface area contributed by atoms with E-state index < -0.39 is 0 Å². The molecule has 1 amide bonds. The second kappa shape index (κ2) is 11.6. The van der Waals surface area contributed by atoms with Gasteiger partial charge < -0.3 is 29.8 Å². The van der Waals surface area contributed by atoms with E-state index in [9.17, 15) is 4.79 Å². The van der Waals surface area contributed by atoms with Crippen molar-refractivity contribution in [1.82, 2.24) is 16.0 Å². The SMILES string of the molecule is CN=C(NCCCNC(=O)c1occc1C)NCCc1ccc(OC)c(OC)c1. The Balaban J connectivity index is 1.65. The fourth-order valence-corrected chi connectivity index (χ4v) is 2.76. The molecule has 29 heavy (non-hydrogen) atoms. The third kappa shape index (κ3) is 6.74. The molecule has 0 saturated carbocycles. The van der Waals surface area contributed by atoms with E-state index in [1.165, 1.54) is 6.26 Å². The van der Waals surface area contributed by atoms with Crippen LogP contribution in [0.5, 0.6) is 11.5 Å². The fraction of sp³-hybridized carbons (Fsp3) is 0.429. The van der Waals surface area contributed by atoms with Crippen LogP contribution in [-0.2, 0) is 6.42 Å². The highest BCUT2D eigenvalue weighted by Crippen LogP contribution is 2.27. The first-order valence-corrected chi connectivity index (χ1v) is 9.56. The van der Waals surface area contributed by atoms with Gasteiger partial charge in [0.25, 0.3) is 5.91 Å². The van der Waals surface area contributed by atoms with Crippen LogP contribution in [0.1, 0.15) is 28.1 Å². The molecule has 1 aromatic heterocycles. The first-order chi connectivity index (χ1) is 14.1. The van der Waals surface area contributed by atoms with Crippen molar-refractivity contribution >= 4 is 11.9 Å². The molecule has 1 heterocycles. The lowest BCUT2D eigenvalue weighted by Gasteiger charge is -2.13. The summed E-state index contributed by atoms with van der Waals surface area (Å²) in [5, 5.41) is 9.36. The molecule has 8 heteroatoms. The Kier molecular flexibility index (Phi) is 8.88. The maximum atomic E-state index is 12.0. The number of benzene rings is 1. The summed E-state index contributed by atoms with van der Waals surface area (Å²) in [4.78, 5) is 16.2. The second-order valence-electron chi connectivity index (χ2n) is 6.41. The van der Waals surface area contributed by atoms with Crippen LogP contribution in [-0.4, -0.2) is 52.8 Å². The molecular formula is C21H30N4O4. The number of ether oxygens (including phenoxy) is 2. The zero-order valence-electron chi connectivity index (χ0n) is 17.5. The van der Waals surface area contributed by atoms with Gasteiger partial charge >= 0.3 is 0 Å². The molecule has 0 atom stereocenters.